The summed E-state index contributed by atoms with van der Waals surface area (Å²) >= 11 is 0. The molecule has 26 heavy (non-hydrogen) atoms. The summed E-state index contributed by atoms with van der Waals surface area (Å²) in [6, 6.07) is 17.9. The van der Waals surface area contributed by atoms with E-state index in [4.69, 9.17) is 4.52 Å². The number of nitrogens with zero attached hydrogens (tertiary/aromatic N) is 3. The van der Waals surface area contributed by atoms with Crippen molar-refractivity contribution in [1.29, 1.82) is 0 Å². The van der Waals surface area contributed by atoms with Gasteiger partial charge in [0.2, 0.25) is 5.82 Å². The first-order valence-electron chi connectivity index (χ1n) is 7.54. The van der Waals surface area contributed by atoms with Crippen molar-refractivity contribution in [1.82, 2.24) is 15.3 Å². The maximum absolute atomic E-state index is 12.5. The molecule has 0 N–H and O–H groups in total. The van der Waals surface area contributed by atoms with Crippen LogP contribution in [0.1, 0.15) is 5.89 Å². The molecule has 0 saturated heterocycles. The third kappa shape index (κ3) is 3.08. The lowest BCUT2D eigenvalue weighted by molar-refractivity contribution is -0.159. The number of alkyl halides is 3. The Balaban J connectivity index is 1.59. The highest BCUT2D eigenvalue weighted by Gasteiger charge is 2.38. The fourth-order valence-corrected chi connectivity index (χ4v) is 2.40. The first kappa shape index (κ1) is 16.1. The van der Waals surface area contributed by atoms with Gasteiger partial charge in [-0.2, -0.15) is 18.2 Å². The van der Waals surface area contributed by atoms with Gasteiger partial charge in [-0.25, -0.2) is 0 Å². The van der Waals surface area contributed by atoms with Gasteiger partial charge >= 0.3 is 12.1 Å². The molecular weight excluding hydrogens is 347 g/mol. The Hall–Kier alpha value is -3.42. The van der Waals surface area contributed by atoms with E-state index in [2.05, 4.69) is 19.8 Å². The SMILES string of the molecule is FC(F)(F)c1nc(-c2ccc(-c3cc(-c4ccccc4)on3)cc2)no1. The van der Waals surface area contributed by atoms with Crippen LogP contribution in [0.15, 0.2) is 69.7 Å². The van der Waals surface area contributed by atoms with Gasteiger partial charge in [-0.15, -0.1) is 0 Å². The van der Waals surface area contributed by atoms with Crippen molar-refractivity contribution in [3.63, 3.8) is 0 Å². The van der Waals surface area contributed by atoms with Gasteiger partial charge in [0, 0.05) is 22.8 Å². The van der Waals surface area contributed by atoms with Crippen LogP contribution in [-0.4, -0.2) is 15.3 Å². The summed E-state index contributed by atoms with van der Waals surface area (Å²) < 4.78 is 47.2. The second kappa shape index (κ2) is 6.14. The molecule has 0 fully saturated rings. The Morgan fingerprint density at radius 1 is 0.731 bits per heavy atom. The molecule has 0 aliphatic heterocycles. The zero-order valence-corrected chi connectivity index (χ0v) is 13.1. The molecule has 0 unspecified atom stereocenters. The Kier molecular flexibility index (Phi) is 3.80. The van der Waals surface area contributed by atoms with Crippen LogP contribution in [0.5, 0.6) is 0 Å². The van der Waals surface area contributed by atoms with Crippen molar-refractivity contribution in [2.45, 2.75) is 6.18 Å². The van der Waals surface area contributed by atoms with Gasteiger partial charge in [0.05, 0.1) is 0 Å². The summed E-state index contributed by atoms with van der Waals surface area (Å²) in [6.45, 7) is 0. The monoisotopic (exact) mass is 357 g/mol. The number of benzene rings is 2. The van der Waals surface area contributed by atoms with Gasteiger partial charge in [-0.1, -0.05) is 64.9 Å². The molecule has 0 radical (unpaired) electrons. The second-order valence-electron chi connectivity index (χ2n) is 5.44. The summed E-state index contributed by atoms with van der Waals surface area (Å²) in [7, 11) is 0. The highest BCUT2D eigenvalue weighted by atomic mass is 19.4. The number of aromatic nitrogens is 3. The van der Waals surface area contributed by atoms with Crippen molar-refractivity contribution in [2.24, 2.45) is 0 Å². The zero-order chi connectivity index (χ0) is 18.1. The van der Waals surface area contributed by atoms with Gasteiger partial charge in [0.1, 0.15) is 5.69 Å². The van der Waals surface area contributed by atoms with Gasteiger partial charge in [0.15, 0.2) is 5.76 Å². The predicted octanol–water partition coefficient (Wildman–Crippen LogP) is 5.08. The zero-order valence-electron chi connectivity index (χ0n) is 13.1. The van der Waals surface area contributed by atoms with Crippen molar-refractivity contribution >= 4 is 0 Å². The molecule has 2 aromatic carbocycles. The molecule has 0 spiro atoms. The fraction of sp³-hybridized carbons (Fsp3) is 0.0556. The minimum atomic E-state index is -4.67. The lowest BCUT2D eigenvalue weighted by Crippen LogP contribution is -2.04. The van der Waals surface area contributed by atoms with Crippen LogP contribution < -0.4 is 0 Å². The lowest BCUT2D eigenvalue weighted by atomic mass is 10.1. The lowest BCUT2D eigenvalue weighted by Gasteiger charge is -1.98. The van der Waals surface area contributed by atoms with Crippen LogP contribution in [0, 0.1) is 0 Å². The first-order valence-corrected chi connectivity index (χ1v) is 7.54. The predicted molar refractivity (Wildman–Crippen MR) is 85.7 cm³/mol. The van der Waals surface area contributed by atoms with E-state index in [0.29, 0.717) is 17.0 Å². The Morgan fingerprint density at radius 3 is 2.08 bits per heavy atom. The molecule has 130 valence electrons. The van der Waals surface area contributed by atoms with E-state index in [1.54, 1.807) is 30.3 Å². The summed E-state index contributed by atoms with van der Waals surface area (Å²) in [4.78, 5) is 3.36. The van der Waals surface area contributed by atoms with Gasteiger partial charge < -0.3 is 9.05 Å². The summed E-state index contributed by atoms with van der Waals surface area (Å²) in [5, 5.41) is 7.39. The highest BCUT2D eigenvalue weighted by molar-refractivity contribution is 5.69. The molecule has 8 heteroatoms. The van der Waals surface area contributed by atoms with Crippen LogP contribution in [0.25, 0.3) is 34.0 Å². The molecule has 0 aliphatic carbocycles. The van der Waals surface area contributed by atoms with Crippen LogP contribution in [0.2, 0.25) is 0 Å². The molecule has 0 bridgehead atoms. The number of hydrogen-bond acceptors (Lipinski definition) is 5. The van der Waals surface area contributed by atoms with Crippen LogP contribution in [0.3, 0.4) is 0 Å². The Labute approximate surface area is 145 Å². The average molecular weight is 357 g/mol. The topological polar surface area (TPSA) is 65.0 Å². The molecule has 4 aromatic rings. The standard InChI is InChI=1S/C18H10F3N3O2/c19-18(20,21)17-22-16(24-26-17)13-8-6-11(7-9-13)14-10-15(25-23-14)12-4-2-1-3-5-12/h1-10H. The fourth-order valence-electron chi connectivity index (χ4n) is 2.40. The quantitative estimate of drug-likeness (QED) is 0.512. The van der Waals surface area contributed by atoms with E-state index in [0.717, 1.165) is 11.1 Å². The molecule has 0 aliphatic rings. The van der Waals surface area contributed by atoms with Gasteiger partial charge in [-0.05, 0) is 0 Å². The van der Waals surface area contributed by atoms with E-state index in [9.17, 15) is 13.2 Å². The van der Waals surface area contributed by atoms with Crippen molar-refractivity contribution < 1.29 is 22.2 Å². The van der Waals surface area contributed by atoms with Crippen LogP contribution in [0.4, 0.5) is 13.2 Å². The summed E-state index contributed by atoms with van der Waals surface area (Å²) in [6.07, 6.45) is -4.67. The third-order valence-corrected chi connectivity index (χ3v) is 3.68. The summed E-state index contributed by atoms with van der Waals surface area (Å²) in [5.41, 5.74) is 2.66. The molecule has 5 nitrogen and oxygen atoms in total. The average Bonchev–Trinajstić information content (AvgIpc) is 3.32. The maximum atomic E-state index is 12.5. The highest BCUT2D eigenvalue weighted by Crippen LogP contribution is 2.30. The smallest absolute Gasteiger partial charge is 0.356 e. The Bertz CT molecular complexity index is 1020. The van der Waals surface area contributed by atoms with E-state index in [1.807, 2.05) is 30.3 Å². The van der Waals surface area contributed by atoms with Crippen LogP contribution >= 0.6 is 0 Å². The first-order chi connectivity index (χ1) is 12.5. The number of halogens is 3. The maximum Gasteiger partial charge on any atom is 0.471 e. The molecule has 2 heterocycles. The minimum absolute atomic E-state index is 0.131. The molecule has 2 aromatic heterocycles. The van der Waals surface area contributed by atoms with Gasteiger partial charge in [0.25, 0.3) is 0 Å². The molecule has 4 rings (SSSR count). The Morgan fingerprint density at radius 2 is 1.42 bits per heavy atom. The minimum Gasteiger partial charge on any atom is -0.356 e. The number of rotatable bonds is 3. The van der Waals surface area contributed by atoms with Crippen molar-refractivity contribution in [3.8, 4) is 34.0 Å². The van der Waals surface area contributed by atoms with Crippen molar-refractivity contribution in [3.05, 3.63) is 66.6 Å². The van der Waals surface area contributed by atoms with E-state index in [-0.39, 0.29) is 5.82 Å². The van der Waals surface area contributed by atoms with Crippen molar-refractivity contribution in [2.75, 3.05) is 0 Å². The largest absolute Gasteiger partial charge is 0.471 e. The molecule has 0 amide bonds. The van der Waals surface area contributed by atoms with E-state index in [1.165, 1.54) is 0 Å². The molecule has 0 saturated carbocycles. The summed E-state index contributed by atoms with van der Waals surface area (Å²) in [5.74, 6) is -0.882. The normalized spacial score (nSPS) is 11.7. The third-order valence-electron chi connectivity index (χ3n) is 3.68. The molecule has 0 atom stereocenters. The second-order valence-corrected chi connectivity index (χ2v) is 5.44. The van der Waals surface area contributed by atoms with Gasteiger partial charge in [-0.3, -0.25) is 0 Å². The molecular formula is C18H10F3N3O2. The van der Waals surface area contributed by atoms with Crippen LogP contribution in [-0.2, 0) is 6.18 Å². The number of hydrogen-bond donors (Lipinski definition) is 0. The van der Waals surface area contributed by atoms with E-state index < -0.39 is 12.1 Å². The van der Waals surface area contributed by atoms with E-state index >= 15 is 0 Å².